The van der Waals surface area contributed by atoms with Gasteiger partial charge in [-0.05, 0) is 116 Å². The van der Waals surface area contributed by atoms with E-state index < -0.39 is 22.4 Å². The molecule has 6 rings (SSSR count). The number of hydrogen-bond donors (Lipinski definition) is 0. The van der Waals surface area contributed by atoms with Gasteiger partial charge in [0.05, 0.1) is 18.3 Å². The summed E-state index contributed by atoms with van der Waals surface area (Å²) in [4.78, 5) is 12.7. The van der Waals surface area contributed by atoms with Gasteiger partial charge in [0.1, 0.15) is 0 Å². The zero-order chi connectivity index (χ0) is 36.4. The first-order chi connectivity index (χ1) is 22.5. The van der Waals surface area contributed by atoms with Crippen LogP contribution in [-0.4, -0.2) is 46.7 Å². The lowest BCUT2D eigenvalue weighted by molar-refractivity contribution is -0.277. The van der Waals surface area contributed by atoms with Crippen LogP contribution < -0.4 is 0 Å². The Morgan fingerprint density at radius 1 is 0.898 bits per heavy atom. The van der Waals surface area contributed by atoms with E-state index in [0.717, 1.165) is 19.3 Å². The number of ether oxygens (including phenoxy) is 2. The average Bonchev–Trinajstić information content (AvgIpc) is 3.56. The van der Waals surface area contributed by atoms with Crippen LogP contribution in [0.2, 0.25) is 36.3 Å². The molecule has 4 fully saturated rings. The minimum absolute atomic E-state index is 0.0225. The monoisotopic (exact) mass is 712 g/mol. The van der Waals surface area contributed by atoms with Gasteiger partial charge >= 0.3 is 5.97 Å². The number of carbonyl (C=O) groups excluding carboxylic acids is 1. The summed E-state index contributed by atoms with van der Waals surface area (Å²) in [6.07, 6.45) is 12.6. The second-order valence-electron chi connectivity index (χ2n) is 20.5. The molecule has 1 saturated heterocycles. The van der Waals surface area contributed by atoms with Crippen LogP contribution in [0.4, 0.5) is 0 Å². The van der Waals surface area contributed by atoms with E-state index in [-0.39, 0.29) is 56.4 Å². The summed E-state index contributed by atoms with van der Waals surface area (Å²) in [6, 6.07) is 3.53. The Hall–Kier alpha value is -0.736. The van der Waals surface area contributed by atoms with Gasteiger partial charge in [-0.15, -0.1) is 0 Å². The molecule has 2 aliphatic heterocycles. The van der Waals surface area contributed by atoms with Gasteiger partial charge in [0.2, 0.25) is 5.79 Å². The number of fused-ring (bicyclic) bond motifs is 6. The van der Waals surface area contributed by atoms with Gasteiger partial charge in [-0.2, -0.15) is 0 Å². The summed E-state index contributed by atoms with van der Waals surface area (Å²) in [5.41, 5.74) is 2.26. The maximum Gasteiger partial charge on any atom is 0.336 e. The van der Waals surface area contributed by atoms with Crippen molar-refractivity contribution in [1.29, 1.82) is 0 Å². The van der Waals surface area contributed by atoms with Crippen LogP contribution in [0.3, 0.4) is 0 Å². The van der Waals surface area contributed by atoms with Crippen molar-refractivity contribution >= 4 is 22.6 Å². The van der Waals surface area contributed by atoms with Gasteiger partial charge in [0.25, 0.3) is 0 Å². The van der Waals surface area contributed by atoms with Crippen LogP contribution >= 0.6 is 0 Å². The Morgan fingerprint density at radius 2 is 1.51 bits per heavy atom. The highest BCUT2D eigenvalue weighted by Crippen LogP contribution is 2.79. The second kappa shape index (κ2) is 11.6. The highest BCUT2D eigenvalue weighted by Gasteiger charge is 2.76. The van der Waals surface area contributed by atoms with E-state index in [1.165, 1.54) is 37.4 Å². The third-order valence-corrected chi connectivity index (χ3v) is 26.6. The molecular formula is C42H72O5Si2. The largest absolute Gasteiger partial charge is 0.426 e. The van der Waals surface area contributed by atoms with E-state index in [1.54, 1.807) is 5.57 Å². The van der Waals surface area contributed by atoms with Gasteiger partial charge in [0.15, 0.2) is 16.6 Å². The molecular weight excluding hydrogens is 641 g/mol. The molecule has 2 heterocycles. The van der Waals surface area contributed by atoms with Crippen molar-refractivity contribution in [2.24, 2.45) is 38.9 Å². The van der Waals surface area contributed by atoms with Gasteiger partial charge in [0, 0.05) is 22.8 Å². The topological polar surface area (TPSA) is 54.0 Å². The first-order valence-electron chi connectivity index (χ1n) is 20.2. The normalized spacial score (nSPS) is 44.8. The molecule has 6 aliphatic rings. The van der Waals surface area contributed by atoms with E-state index in [9.17, 15) is 4.79 Å². The summed E-state index contributed by atoms with van der Waals surface area (Å²) in [5.74, 6) is -0.326. The Bertz CT molecular complexity index is 1400. The van der Waals surface area contributed by atoms with Crippen LogP contribution in [0, 0.1) is 38.9 Å². The van der Waals surface area contributed by atoms with Crippen molar-refractivity contribution in [2.75, 3.05) is 0 Å². The first kappa shape index (κ1) is 38.0. The fourth-order valence-corrected chi connectivity index (χ4v) is 17.2. The Labute approximate surface area is 302 Å². The summed E-state index contributed by atoms with van der Waals surface area (Å²) in [7, 11) is -3.86. The maximum atomic E-state index is 12.7. The molecule has 0 bridgehead atoms. The molecule has 7 heteroatoms. The molecule has 0 radical (unpaired) electrons. The SMILES string of the molecule is CC[Si](CC)(CC)O[C@@H]1CC[C@]2(C)C(=C[C@H]3O[C@@]4(C=C(C)C(=O)O4)C[C@@H](C)[C@]32C)[C@]12CC[C@H]1C(C)(C)[C@@H](O[Si](C)(C)C(C)(C)C)CC[C@@]12C. The minimum Gasteiger partial charge on any atom is -0.426 e. The summed E-state index contributed by atoms with van der Waals surface area (Å²) in [5, 5.41) is 0.190. The smallest absolute Gasteiger partial charge is 0.336 e. The Morgan fingerprint density at radius 3 is 2.06 bits per heavy atom. The lowest BCUT2D eigenvalue weighted by Gasteiger charge is -2.66. The van der Waals surface area contributed by atoms with Crippen LogP contribution in [0.25, 0.3) is 0 Å². The average molecular weight is 713 g/mol. The van der Waals surface area contributed by atoms with E-state index in [4.69, 9.17) is 18.3 Å². The van der Waals surface area contributed by atoms with Crippen molar-refractivity contribution < 1.29 is 23.1 Å². The van der Waals surface area contributed by atoms with Gasteiger partial charge in [-0.1, -0.05) is 94.7 Å². The molecule has 3 saturated carbocycles. The van der Waals surface area contributed by atoms with Crippen LogP contribution in [0.5, 0.6) is 0 Å². The zero-order valence-electron chi connectivity index (χ0n) is 34.2. The number of hydrogen-bond acceptors (Lipinski definition) is 5. The molecule has 2 spiro atoms. The minimum atomic E-state index is -1.94. The molecule has 0 aromatic heterocycles. The zero-order valence-corrected chi connectivity index (χ0v) is 36.2. The number of rotatable bonds is 7. The molecule has 0 aromatic rings. The van der Waals surface area contributed by atoms with E-state index in [1.807, 2.05) is 13.0 Å². The molecule has 4 aliphatic carbocycles. The lowest BCUT2D eigenvalue weighted by Crippen LogP contribution is -2.64. The van der Waals surface area contributed by atoms with Crippen molar-refractivity contribution in [3.05, 3.63) is 23.3 Å². The van der Waals surface area contributed by atoms with Crippen LogP contribution in [-0.2, 0) is 23.1 Å². The fraction of sp³-hybridized carbons (Fsp3) is 0.881. The fourth-order valence-electron chi connectivity index (χ4n) is 12.8. The van der Waals surface area contributed by atoms with Crippen molar-refractivity contribution in [2.45, 2.75) is 195 Å². The Balaban J connectivity index is 1.48. The van der Waals surface area contributed by atoms with E-state index in [0.29, 0.717) is 23.8 Å². The van der Waals surface area contributed by atoms with Crippen molar-refractivity contribution in [3.63, 3.8) is 0 Å². The quantitative estimate of drug-likeness (QED) is 0.149. The van der Waals surface area contributed by atoms with Crippen molar-refractivity contribution in [3.8, 4) is 0 Å². The molecule has 278 valence electrons. The summed E-state index contributed by atoms with van der Waals surface area (Å²) >= 11 is 0. The molecule has 0 unspecified atom stereocenters. The summed E-state index contributed by atoms with van der Waals surface area (Å²) in [6.45, 7) is 36.3. The molecule has 0 aromatic carbocycles. The molecule has 0 N–H and O–H groups in total. The predicted octanol–water partition coefficient (Wildman–Crippen LogP) is 11.4. The van der Waals surface area contributed by atoms with Gasteiger partial charge < -0.3 is 18.3 Å². The predicted molar refractivity (Wildman–Crippen MR) is 205 cm³/mol. The van der Waals surface area contributed by atoms with Crippen LogP contribution in [0.15, 0.2) is 23.3 Å². The molecule has 5 nitrogen and oxygen atoms in total. The van der Waals surface area contributed by atoms with Crippen molar-refractivity contribution in [1.82, 2.24) is 0 Å². The highest BCUT2D eigenvalue weighted by molar-refractivity contribution is 6.74. The lowest BCUT2D eigenvalue weighted by atomic mass is 9.41. The molecule has 0 amide bonds. The molecule has 49 heavy (non-hydrogen) atoms. The number of esters is 1. The van der Waals surface area contributed by atoms with Gasteiger partial charge in [-0.25, -0.2) is 4.79 Å². The summed E-state index contributed by atoms with van der Waals surface area (Å²) < 4.78 is 28.4. The highest BCUT2D eigenvalue weighted by atomic mass is 28.4. The maximum absolute atomic E-state index is 12.7. The van der Waals surface area contributed by atoms with Gasteiger partial charge in [-0.3, -0.25) is 0 Å². The molecule has 10 atom stereocenters. The second-order valence-corrected chi connectivity index (χ2v) is 29.9. The Kier molecular flexibility index (Phi) is 9.02. The van der Waals surface area contributed by atoms with E-state index >= 15 is 0 Å². The number of carbonyl (C=O) groups is 1. The standard InChI is InChI=1S/C42H72O5Si2/c1-16-49(17-2,18-3)47-33-21-22-38(11)31(25-34-40(38,13)29(5)27-41(44-34)26-28(4)35(43)45-41)42(33)24-19-30-37(9,10)32(20-23-39(30,42)12)46-48(14,15)36(6,7)8/h25-26,29-30,32-34H,16-24,27H2,1-15H3/t29-,30+,32+,33-,34-,38-,39+,40-,41-,42-/m1/s1. The third kappa shape index (κ3) is 4.99. The van der Waals surface area contributed by atoms with Crippen LogP contribution in [0.1, 0.15) is 135 Å². The first-order valence-corrected chi connectivity index (χ1v) is 25.6. The van der Waals surface area contributed by atoms with E-state index in [2.05, 4.69) is 102 Å². The third-order valence-electron chi connectivity index (χ3n) is 17.4.